The van der Waals surface area contributed by atoms with Crippen molar-refractivity contribution in [1.29, 1.82) is 0 Å². The summed E-state index contributed by atoms with van der Waals surface area (Å²) in [6, 6.07) is 50.6. The normalized spacial score (nSPS) is 11.8. The van der Waals surface area contributed by atoms with Crippen LogP contribution in [0.4, 0.5) is 0 Å². The monoisotopic (exact) mass is 572 g/mol. The van der Waals surface area contributed by atoms with Gasteiger partial charge in [-0.3, -0.25) is 0 Å². The standard InChI is InChI=1S/C38H24N2S2/c1-3-9-28(10-4-1)39-32-14-8-7-13-30(32)31-23-27(19-20-33(31)39)25-15-17-26(18-16-25)36-24-35-38(42-36)37-34(21-22-41-37)40(35)29-11-5-2-6-12-29/h1-24H. The third kappa shape index (κ3) is 3.56. The maximum atomic E-state index is 2.40. The van der Waals surface area contributed by atoms with E-state index in [0.29, 0.717) is 0 Å². The minimum atomic E-state index is 1.18. The second-order valence-electron chi connectivity index (χ2n) is 10.6. The van der Waals surface area contributed by atoms with Crippen LogP contribution in [0.1, 0.15) is 0 Å². The molecule has 0 amide bonds. The lowest BCUT2D eigenvalue weighted by Gasteiger charge is -2.08. The summed E-state index contributed by atoms with van der Waals surface area (Å²) in [6.45, 7) is 0. The fourth-order valence-electron chi connectivity index (χ4n) is 6.32. The van der Waals surface area contributed by atoms with Gasteiger partial charge in [0.05, 0.1) is 31.5 Å². The van der Waals surface area contributed by atoms with Crippen LogP contribution in [0.2, 0.25) is 0 Å². The summed E-state index contributed by atoms with van der Waals surface area (Å²) in [5.41, 5.74) is 11.1. The molecule has 0 fully saturated rings. The van der Waals surface area contributed by atoms with Crippen molar-refractivity contribution in [3.8, 4) is 32.9 Å². The van der Waals surface area contributed by atoms with Gasteiger partial charge in [-0.2, -0.15) is 0 Å². The van der Waals surface area contributed by atoms with Crippen LogP contribution >= 0.6 is 22.7 Å². The molecule has 0 unspecified atom stereocenters. The average Bonchev–Trinajstić information content (AvgIpc) is 3.82. The Kier molecular flexibility index (Phi) is 5.27. The third-order valence-electron chi connectivity index (χ3n) is 8.25. The predicted molar refractivity (Wildman–Crippen MR) is 182 cm³/mol. The Morgan fingerprint density at radius 1 is 0.405 bits per heavy atom. The fourth-order valence-corrected chi connectivity index (χ4v) is 8.51. The first-order valence-electron chi connectivity index (χ1n) is 14.1. The van der Waals surface area contributed by atoms with Gasteiger partial charge in [-0.15, -0.1) is 22.7 Å². The minimum absolute atomic E-state index is 1.18. The summed E-state index contributed by atoms with van der Waals surface area (Å²) in [4.78, 5) is 1.30. The molecule has 0 radical (unpaired) electrons. The number of nitrogens with zero attached hydrogens (tertiary/aromatic N) is 2. The van der Waals surface area contributed by atoms with Crippen LogP contribution in [0.25, 0.3) is 75.2 Å². The first-order chi connectivity index (χ1) is 20.8. The Bertz CT molecular complexity index is 2390. The molecule has 4 heteroatoms. The number of para-hydroxylation sites is 3. The van der Waals surface area contributed by atoms with Crippen LogP contribution in [0, 0.1) is 0 Å². The van der Waals surface area contributed by atoms with Gasteiger partial charge in [-0.25, -0.2) is 0 Å². The number of fused-ring (bicyclic) bond motifs is 6. The zero-order valence-corrected chi connectivity index (χ0v) is 24.2. The largest absolute Gasteiger partial charge is 0.309 e. The van der Waals surface area contributed by atoms with Gasteiger partial charge in [0.25, 0.3) is 0 Å². The van der Waals surface area contributed by atoms with Crippen molar-refractivity contribution in [1.82, 2.24) is 9.13 Å². The van der Waals surface area contributed by atoms with Crippen LogP contribution in [0.3, 0.4) is 0 Å². The van der Waals surface area contributed by atoms with Gasteiger partial charge in [-0.1, -0.05) is 84.9 Å². The van der Waals surface area contributed by atoms with Crippen LogP contribution < -0.4 is 0 Å². The lowest BCUT2D eigenvalue weighted by atomic mass is 10.0. The molecule has 4 heterocycles. The summed E-state index contributed by atoms with van der Waals surface area (Å²) in [7, 11) is 0. The van der Waals surface area contributed by atoms with Crippen LogP contribution in [-0.4, -0.2) is 9.13 Å². The van der Waals surface area contributed by atoms with E-state index in [1.54, 1.807) is 0 Å². The van der Waals surface area contributed by atoms with E-state index in [2.05, 4.69) is 154 Å². The number of hydrogen-bond acceptors (Lipinski definition) is 2. The minimum Gasteiger partial charge on any atom is -0.309 e. The van der Waals surface area contributed by atoms with E-state index >= 15 is 0 Å². The van der Waals surface area contributed by atoms with Gasteiger partial charge < -0.3 is 9.13 Å². The summed E-state index contributed by atoms with van der Waals surface area (Å²) >= 11 is 3.72. The molecule has 9 rings (SSSR count). The van der Waals surface area contributed by atoms with E-state index in [4.69, 9.17) is 0 Å². The van der Waals surface area contributed by atoms with Crippen molar-refractivity contribution in [3.63, 3.8) is 0 Å². The molecule has 0 aliphatic heterocycles. The van der Waals surface area contributed by atoms with Crippen molar-refractivity contribution in [3.05, 3.63) is 145 Å². The lowest BCUT2D eigenvalue weighted by molar-refractivity contribution is 1.18. The Balaban J connectivity index is 1.13. The molecule has 2 nitrogen and oxygen atoms in total. The highest BCUT2D eigenvalue weighted by molar-refractivity contribution is 7.28. The van der Waals surface area contributed by atoms with Gasteiger partial charge in [0.2, 0.25) is 0 Å². The molecule has 0 bridgehead atoms. The Labute approximate surface area is 251 Å². The molecule has 0 saturated heterocycles. The highest BCUT2D eigenvalue weighted by Gasteiger charge is 2.18. The van der Waals surface area contributed by atoms with Crippen molar-refractivity contribution < 1.29 is 0 Å². The molecule has 0 saturated carbocycles. The summed E-state index contributed by atoms with van der Waals surface area (Å²) < 4.78 is 7.50. The molecule has 0 atom stereocenters. The molecule has 42 heavy (non-hydrogen) atoms. The van der Waals surface area contributed by atoms with E-state index < -0.39 is 0 Å². The maximum absolute atomic E-state index is 2.40. The second-order valence-corrected chi connectivity index (χ2v) is 12.6. The molecule has 0 spiro atoms. The second kappa shape index (κ2) is 9.31. The van der Waals surface area contributed by atoms with Gasteiger partial charge in [0.1, 0.15) is 0 Å². The zero-order chi connectivity index (χ0) is 27.6. The predicted octanol–water partition coefficient (Wildman–Crippen LogP) is 11.3. The molecule has 198 valence electrons. The van der Waals surface area contributed by atoms with Crippen LogP contribution in [0.15, 0.2) is 145 Å². The van der Waals surface area contributed by atoms with Crippen molar-refractivity contribution >= 4 is 64.9 Å². The van der Waals surface area contributed by atoms with E-state index in [0.717, 1.165) is 0 Å². The Hall–Kier alpha value is -4.90. The summed E-state index contributed by atoms with van der Waals surface area (Å²) in [5.74, 6) is 0. The smallest absolute Gasteiger partial charge is 0.0711 e. The quantitative estimate of drug-likeness (QED) is 0.198. The van der Waals surface area contributed by atoms with Crippen LogP contribution in [-0.2, 0) is 0 Å². The molecule has 0 N–H and O–H groups in total. The van der Waals surface area contributed by atoms with Gasteiger partial charge in [0.15, 0.2) is 0 Å². The van der Waals surface area contributed by atoms with Crippen LogP contribution in [0.5, 0.6) is 0 Å². The first-order valence-corrected chi connectivity index (χ1v) is 15.8. The van der Waals surface area contributed by atoms with E-state index in [1.165, 1.54) is 75.2 Å². The van der Waals surface area contributed by atoms with Gasteiger partial charge in [-0.05, 0) is 76.7 Å². The molecule has 4 aromatic heterocycles. The Morgan fingerprint density at radius 3 is 1.79 bits per heavy atom. The number of aromatic nitrogens is 2. The fraction of sp³-hybridized carbons (Fsp3) is 0. The summed E-state index contributed by atoms with van der Waals surface area (Å²) in [6.07, 6.45) is 0. The molecular weight excluding hydrogens is 549 g/mol. The van der Waals surface area contributed by atoms with Gasteiger partial charge >= 0.3 is 0 Å². The number of benzene rings is 5. The maximum Gasteiger partial charge on any atom is 0.0711 e. The highest BCUT2D eigenvalue weighted by atomic mass is 32.1. The van der Waals surface area contributed by atoms with Gasteiger partial charge in [0, 0.05) is 27.0 Å². The molecule has 0 aliphatic rings. The highest BCUT2D eigenvalue weighted by Crippen LogP contribution is 2.43. The number of thiophene rings is 2. The third-order valence-corrected chi connectivity index (χ3v) is 10.5. The molecule has 0 aliphatic carbocycles. The molecular formula is C38H24N2S2. The molecule has 9 aromatic rings. The van der Waals surface area contributed by atoms with Crippen molar-refractivity contribution in [2.45, 2.75) is 0 Å². The first kappa shape index (κ1) is 23.8. The number of rotatable bonds is 4. The topological polar surface area (TPSA) is 9.86 Å². The molecule has 5 aromatic carbocycles. The zero-order valence-electron chi connectivity index (χ0n) is 22.6. The Morgan fingerprint density at radius 2 is 1.02 bits per heavy atom. The van der Waals surface area contributed by atoms with E-state index in [1.807, 2.05) is 22.7 Å². The number of hydrogen-bond donors (Lipinski definition) is 0. The average molecular weight is 573 g/mol. The van der Waals surface area contributed by atoms with Crippen molar-refractivity contribution in [2.75, 3.05) is 0 Å². The SMILES string of the molecule is c1ccc(-n2c3ccccc3c3cc(-c4ccc(-c5cc6c(s5)c5sccc5n6-c5ccccc5)cc4)ccc32)cc1. The summed E-state index contributed by atoms with van der Waals surface area (Å²) in [5, 5.41) is 4.75. The van der Waals surface area contributed by atoms with E-state index in [9.17, 15) is 0 Å². The lowest BCUT2D eigenvalue weighted by Crippen LogP contribution is -1.92. The van der Waals surface area contributed by atoms with Crippen molar-refractivity contribution in [2.24, 2.45) is 0 Å². The van der Waals surface area contributed by atoms with E-state index in [-0.39, 0.29) is 0 Å².